The van der Waals surface area contributed by atoms with Crippen LogP contribution in [-0.2, 0) is 4.79 Å². The molecule has 0 bridgehead atoms. The maximum absolute atomic E-state index is 12.0. The van der Waals surface area contributed by atoms with E-state index in [-0.39, 0.29) is 5.91 Å². The van der Waals surface area contributed by atoms with Gasteiger partial charge in [-0.2, -0.15) is 0 Å². The van der Waals surface area contributed by atoms with Crippen LogP contribution in [0.1, 0.15) is 25.3 Å². The van der Waals surface area contributed by atoms with E-state index in [1.54, 1.807) is 0 Å². The summed E-state index contributed by atoms with van der Waals surface area (Å²) in [4.78, 5) is 14.2. The van der Waals surface area contributed by atoms with Crippen molar-refractivity contribution in [3.8, 4) is 0 Å². The number of anilines is 2. The Balaban J connectivity index is 1.96. The molecule has 0 atom stereocenters. The van der Waals surface area contributed by atoms with Crippen LogP contribution in [-0.4, -0.2) is 29.9 Å². The van der Waals surface area contributed by atoms with E-state index in [1.165, 1.54) is 12.8 Å². The van der Waals surface area contributed by atoms with Crippen molar-refractivity contribution in [1.29, 1.82) is 0 Å². The average molecular weight is 247 g/mol. The van der Waals surface area contributed by atoms with Gasteiger partial charge in [-0.05, 0) is 44.0 Å². The highest BCUT2D eigenvalue weighted by Crippen LogP contribution is 2.26. The Morgan fingerprint density at radius 1 is 1.50 bits per heavy atom. The van der Waals surface area contributed by atoms with E-state index in [0.29, 0.717) is 18.3 Å². The number of nitrogen functional groups attached to an aromatic ring is 1. The second kappa shape index (κ2) is 5.40. The van der Waals surface area contributed by atoms with Gasteiger partial charge in [0, 0.05) is 17.4 Å². The fraction of sp³-hybridized carbons (Fsp3) is 0.500. The smallest absolute Gasteiger partial charge is 0.238 e. The van der Waals surface area contributed by atoms with Crippen molar-refractivity contribution < 1.29 is 4.79 Å². The van der Waals surface area contributed by atoms with Crippen LogP contribution in [0, 0.1) is 6.92 Å². The molecular formula is C14H21N3O. The Labute approximate surface area is 108 Å². The topological polar surface area (TPSA) is 58.4 Å². The van der Waals surface area contributed by atoms with Gasteiger partial charge in [0.25, 0.3) is 0 Å². The molecule has 0 aromatic heterocycles. The number of hydrogen-bond donors (Lipinski definition) is 2. The molecule has 0 unspecified atom stereocenters. The minimum absolute atomic E-state index is 0.0393. The SMILES string of the molecule is CCN(CC(=O)Nc1cccc(N)c1C)C1CC1. The van der Waals surface area contributed by atoms with E-state index < -0.39 is 0 Å². The van der Waals surface area contributed by atoms with Crippen LogP contribution >= 0.6 is 0 Å². The van der Waals surface area contributed by atoms with Gasteiger partial charge in [-0.15, -0.1) is 0 Å². The maximum atomic E-state index is 12.0. The zero-order valence-corrected chi connectivity index (χ0v) is 11.1. The molecule has 0 heterocycles. The molecule has 1 aromatic carbocycles. The van der Waals surface area contributed by atoms with Crippen LogP contribution in [0.5, 0.6) is 0 Å². The lowest BCUT2D eigenvalue weighted by Gasteiger charge is -2.19. The summed E-state index contributed by atoms with van der Waals surface area (Å²) >= 11 is 0. The largest absolute Gasteiger partial charge is 0.398 e. The van der Waals surface area contributed by atoms with Crippen molar-refractivity contribution in [3.05, 3.63) is 23.8 Å². The zero-order chi connectivity index (χ0) is 13.1. The van der Waals surface area contributed by atoms with Crippen LogP contribution in [0.25, 0.3) is 0 Å². The number of benzene rings is 1. The van der Waals surface area contributed by atoms with E-state index in [0.717, 1.165) is 17.8 Å². The molecular weight excluding hydrogens is 226 g/mol. The van der Waals surface area contributed by atoms with E-state index in [2.05, 4.69) is 17.1 Å². The molecule has 0 saturated heterocycles. The highest BCUT2D eigenvalue weighted by Gasteiger charge is 2.28. The van der Waals surface area contributed by atoms with Gasteiger partial charge in [0.15, 0.2) is 0 Å². The molecule has 1 saturated carbocycles. The van der Waals surface area contributed by atoms with E-state index >= 15 is 0 Å². The Hall–Kier alpha value is -1.55. The van der Waals surface area contributed by atoms with Crippen LogP contribution in [0.4, 0.5) is 11.4 Å². The quantitative estimate of drug-likeness (QED) is 0.782. The van der Waals surface area contributed by atoms with Crippen molar-refractivity contribution in [1.82, 2.24) is 4.90 Å². The highest BCUT2D eigenvalue weighted by atomic mass is 16.2. The summed E-state index contributed by atoms with van der Waals surface area (Å²) in [5.74, 6) is 0.0393. The van der Waals surface area contributed by atoms with Gasteiger partial charge >= 0.3 is 0 Å². The molecule has 0 spiro atoms. The van der Waals surface area contributed by atoms with Gasteiger partial charge in [-0.3, -0.25) is 9.69 Å². The second-order valence-corrected chi connectivity index (χ2v) is 4.86. The third-order valence-corrected chi connectivity index (χ3v) is 3.47. The molecule has 0 radical (unpaired) electrons. The van der Waals surface area contributed by atoms with Crippen molar-refractivity contribution >= 4 is 17.3 Å². The molecule has 4 nitrogen and oxygen atoms in total. The third-order valence-electron chi connectivity index (χ3n) is 3.47. The Morgan fingerprint density at radius 2 is 2.22 bits per heavy atom. The number of hydrogen-bond acceptors (Lipinski definition) is 3. The molecule has 1 aliphatic carbocycles. The first-order valence-electron chi connectivity index (χ1n) is 6.50. The molecule has 3 N–H and O–H groups in total. The second-order valence-electron chi connectivity index (χ2n) is 4.86. The number of nitrogens with one attached hydrogen (secondary N) is 1. The summed E-state index contributed by atoms with van der Waals surface area (Å²) < 4.78 is 0. The van der Waals surface area contributed by atoms with Gasteiger partial charge in [-0.1, -0.05) is 13.0 Å². The van der Waals surface area contributed by atoms with Gasteiger partial charge in [-0.25, -0.2) is 0 Å². The number of carbonyl (C=O) groups is 1. The van der Waals surface area contributed by atoms with E-state index in [4.69, 9.17) is 5.73 Å². The van der Waals surface area contributed by atoms with Crippen LogP contribution in [0.15, 0.2) is 18.2 Å². The Bertz CT molecular complexity index is 441. The summed E-state index contributed by atoms with van der Waals surface area (Å²) in [5, 5.41) is 2.94. The Kier molecular flexibility index (Phi) is 3.87. The first-order chi connectivity index (χ1) is 8.61. The molecule has 1 amide bonds. The van der Waals surface area contributed by atoms with E-state index in [1.807, 2.05) is 25.1 Å². The predicted molar refractivity (Wildman–Crippen MR) is 74.5 cm³/mol. The van der Waals surface area contributed by atoms with Crippen molar-refractivity contribution in [3.63, 3.8) is 0 Å². The monoisotopic (exact) mass is 247 g/mol. The fourth-order valence-corrected chi connectivity index (χ4v) is 2.10. The number of amides is 1. The normalized spacial score (nSPS) is 14.8. The molecule has 1 aromatic rings. The van der Waals surface area contributed by atoms with Gasteiger partial charge in [0.1, 0.15) is 0 Å². The summed E-state index contributed by atoms with van der Waals surface area (Å²) in [6.07, 6.45) is 2.44. The number of rotatable bonds is 5. The fourth-order valence-electron chi connectivity index (χ4n) is 2.10. The van der Waals surface area contributed by atoms with Gasteiger partial charge < -0.3 is 11.1 Å². The van der Waals surface area contributed by atoms with Crippen molar-refractivity contribution in [2.75, 3.05) is 24.1 Å². The zero-order valence-electron chi connectivity index (χ0n) is 11.1. The van der Waals surface area contributed by atoms with Crippen LogP contribution in [0.3, 0.4) is 0 Å². The molecule has 0 aliphatic heterocycles. The molecule has 4 heteroatoms. The molecule has 98 valence electrons. The molecule has 1 aliphatic rings. The first kappa shape index (κ1) is 12.9. The number of nitrogens with zero attached hydrogens (tertiary/aromatic N) is 1. The van der Waals surface area contributed by atoms with Crippen LogP contribution in [0.2, 0.25) is 0 Å². The summed E-state index contributed by atoms with van der Waals surface area (Å²) in [7, 11) is 0. The van der Waals surface area contributed by atoms with Crippen LogP contribution < -0.4 is 11.1 Å². The summed E-state index contributed by atoms with van der Waals surface area (Å²) in [6, 6.07) is 6.20. The summed E-state index contributed by atoms with van der Waals surface area (Å²) in [5.41, 5.74) is 8.27. The Morgan fingerprint density at radius 3 is 2.83 bits per heavy atom. The van der Waals surface area contributed by atoms with Gasteiger partial charge in [0.05, 0.1) is 6.54 Å². The van der Waals surface area contributed by atoms with Crippen molar-refractivity contribution in [2.45, 2.75) is 32.7 Å². The number of likely N-dealkylation sites (N-methyl/N-ethyl adjacent to an activating group) is 1. The highest BCUT2D eigenvalue weighted by molar-refractivity contribution is 5.93. The molecule has 2 rings (SSSR count). The van der Waals surface area contributed by atoms with E-state index in [9.17, 15) is 4.79 Å². The average Bonchev–Trinajstić information content (AvgIpc) is 3.16. The van der Waals surface area contributed by atoms with Gasteiger partial charge in [0.2, 0.25) is 5.91 Å². The van der Waals surface area contributed by atoms with Crippen molar-refractivity contribution in [2.24, 2.45) is 0 Å². The lowest BCUT2D eigenvalue weighted by Crippen LogP contribution is -2.34. The first-order valence-corrected chi connectivity index (χ1v) is 6.50. The minimum Gasteiger partial charge on any atom is -0.398 e. The maximum Gasteiger partial charge on any atom is 0.238 e. The minimum atomic E-state index is 0.0393. The number of carbonyl (C=O) groups excluding carboxylic acids is 1. The standard InChI is InChI=1S/C14H21N3O/c1-3-17(11-7-8-11)9-14(18)16-13-6-4-5-12(15)10(13)2/h4-6,11H,3,7-9,15H2,1-2H3,(H,16,18). The lowest BCUT2D eigenvalue weighted by atomic mass is 10.1. The molecule has 18 heavy (non-hydrogen) atoms. The lowest BCUT2D eigenvalue weighted by molar-refractivity contribution is -0.117. The predicted octanol–water partition coefficient (Wildman–Crippen LogP) is 2.00. The molecule has 1 fully saturated rings. The number of nitrogens with two attached hydrogens (primary N) is 1. The third kappa shape index (κ3) is 3.01. The summed E-state index contributed by atoms with van der Waals surface area (Å²) in [6.45, 7) is 5.41.